The Morgan fingerprint density at radius 2 is 2.05 bits per heavy atom. The van der Waals surface area contributed by atoms with Crippen LogP contribution in [0.25, 0.3) is 0 Å². The summed E-state index contributed by atoms with van der Waals surface area (Å²) < 4.78 is 5.45. The second-order valence-corrected chi connectivity index (χ2v) is 7.09. The average Bonchev–Trinajstić information content (AvgIpc) is 2.36. The Kier molecular flexibility index (Phi) is 4.75. The fraction of sp³-hybridized carbons (Fsp3) is 0.562. The van der Waals surface area contributed by atoms with Gasteiger partial charge in [-0.2, -0.15) is 0 Å². The van der Waals surface area contributed by atoms with Gasteiger partial charge in [0.15, 0.2) is 0 Å². The summed E-state index contributed by atoms with van der Waals surface area (Å²) in [6.07, 6.45) is -0.261. The Morgan fingerprint density at radius 3 is 2.59 bits per heavy atom. The van der Waals surface area contributed by atoms with Gasteiger partial charge >= 0.3 is 6.09 Å². The molecule has 6 heteroatoms. The van der Waals surface area contributed by atoms with Crippen molar-refractivity contribution >= 4 is 29.1 Å². The maximum atomic E-state index is 12.2. The Bertz CT molecular complexity index is 557. The van der Waals surface area contributed by atoms with Crippen LogP contribution in [0.3, 0.4) is 0 Å². The van der Waals surface area contributed by atoms with E-state index in [2.05, 4.69) is 4.90 Å². The first-order valence-corrected chi connectivity index (χ1v) is 7.85. The Hall–Kier alpha value is -1.62. The minimum absolute atomic E-state index is 0.0530. The zero-order chi connectivity index (χ0) is 16.5. The van der Waals surface area contributed by atoms with Gasteiger partial charge in [0.25, 0.3) is 0 Å². The Balaban J connectivity index is 2.05. The summed E-state index contributed by atoms with van der Waals surface area (Å²) in [6.45, 7) is 9.67. The minimum atomic E-state index is -0.478. The number of anilines is 2. The summed E-state index contributed by atoms with van der Waals surface area (Å²) in [4.78, 5) is 16.2. The van der Waals surface area contributed by atoms with E-state index in [-0.39, 0.29) is 12.1 Å². The van der Waals surface area contributed by atoms with Crippen molar-refractivity contribution in [2.24, 2.45) is 0 Å². The molecule has 0 radical (unpaired) electrons. The quantitative estimate of drug-likeness (QED) is 0.804. The number of halogens is 1. The van der Waals surface area contributed by atoms with Crippen LogP contribution in [-0.4, -0.2) is 42.3 Å². The summed E-state index contributed by atoms with van der Waals surface area (Å²) in [7, 11) is 0. The maximum absolute atomic E-state index is 12.2. The molecule has 0 aliphatic carbocycles. The molecule has 2 rings (SSSR count). The molecule has 1 fully saturated rings. The summed E-state index contributed by atoms with van der Waals surface area (Å²) in [5.41, 5.74) is 6.85. The molecule has 0 saturated carbocycles. The Labute approximate surface area is 137 Å². The number of nitrogens with zero attached hydrogens (tertiary/aromatic N) is 2. The molecular weight excluding hydrogens is 302 g/mol. The number of ether oxygens (including phenoxy) is 1. The molecule has 122 valence electrons. The van der Waals surface area contributed by atoms with Gasteiger partial charge in [0.05, 0.1) is 10.7 Å². The van der Waals surface area contributed by atoms with E-state index in [1.807, 2.05) is 39.8 Å². The lowest BCUT2D eigenvalue weighted by Crippen LogP contribution is -2.55. The van der Waals surface area contributed by atoms with Crippen molar-refractivity contribution in [1.82, 2.24) is 4.90 Å². The number of amides is 1. The van der Waals surface area contributed by atoms with Crippen molar-refractivity contribution in [3.8, 4) is 0 Å². The molecule has 0 bridgehead atoms. The third-order valence-electron chi connectivity index (χ3n) is 3.57. The summed E-state index contributed by atoms with van der Waals surface area (Å²) in [5, 5.41) is 0.637. The molecule has 1 aromatic carbocycles. The Morgan fingerprint density at radius 1 is 1.36 bits per heavy atom. The smallest absolute Gasteiger partial charge is 0.410 e. The van der Waals surface area contributed by atoms with Gasteiger partial charge in [0.2, 0.25) is 0 Å². The molecule has 5 nitrogen and oxygen atoms in total. The summed E-state index contributed by atoms with van der Waals surface area (Å²) in [6, 6.07) is 5.57. The third-order valence-corrected chi connectivity index (χ3v) is 3.87. The molecule has 22 heavy (non-hydrogen) atoms. The fourth-order valence-electron chi connectivity index (χ4n) is 2.55. The fourth-order valence-corrected chi connectivity index (χ4v) is 2.86. The standard InChI is InChI=1S/C16H24ClN3O2/c1-11-10-19(14-6-5-12(18)9-13(14)17)7-8-20(11)15(21)22-16(2,3)4/h5-6,9,11H,7-8,10,18H2,1-4H3. The number of hydrogen-bond acceptors (Lipinski definition) is 4. The highest BCUT2D eigenvalue weighted by Gasteiger charge is 2.31. The normalized spacial score (nSPS) is 19.2. The summed E-state index contributed by atoms with van der Waals surface area (Å²) in [5.74, 6) is 0. The first-order chi connectivity index (χ1) is 10.2. The van der Waals surface area contributed by atoms with Crippen molar-refractivity contribution < 1.29 is 9.53 Å². The molecule has 0 aromatic heterocycles. The molecule has 1 saturated heterocycles. The topological polar surface area (TPSA) is 58.8 Å². The van der Waals surface area contributed by atoms with E-state index >= 15 is 0 Å². The van der Waals surface area contributed by atoms with Crippen LogP contribution < -0.4 is 10.6 Å². The molecular formula is C16H24ClN3O2. The zero-order valence-electron chi connectivity index (χ0n) is 13.6. The highest BCUT2D eigenvalue weighted by Crippen LogP contribution is 2.29. The average molecular weight is 326 g/mol. The molecule has 1 aliphatic rings. The molecule has 2 N–H and O–H groups in total. The third kappa shape index (κ3) is 3.97. The van der Waals surface area contributed by atoms with E-state index in [9.17, 15) is 4.79 Å². The highest BCUT2D eigenvalue weighted by molar-refractivity contribution is 6.33. The van der Waals surface area contributed by atoms with Crippen LogP contribution in [0.5, 0.6) is 0 Å². The number of nitrogen functional groups attached to an aromatic ring is 1. The molecule has 1 amide bonds. The van der Waals surface area contributed by atoms with E-state index in [0.29, 0.717) is 30.3 Å². The predicted octanol–water partition coefficient (Wildman–Crippen LogP) is 3.37. The number of piperazine rings is 1. The molecule has 1 heterocycles. The lowest BCUT2D eigenvalue weighted by Gasteiger charge is -2.41. The van der Waals surface area contributed by atoms with Gasteiger partial charge in [-0.25, -0.2) is 4.79 Å². The molecule has 1 aliphatic heterocycles. The highest BCUT2D eigenvalue weighted by atomic mass is 35.5. The number of rotatable bonds is 1. The second kappa shape index (κ2) is 6.24. The van der Waals surface area contributed by atoms with Gasteiger partial charge in [0, 0.05) is 31.4 Å². The maximum Gasteiger partial charge on any atom is 0.410 e. The van der Waals surface area contributed by atoms with Gasteiger partial charge in [0.1, 0.15) is 5.60 Å². The SMILES string of the molecule is CC1CN(c2ccc(N)cc2Cl)CCN1C(=O)OC(C)(C)C. The number of benzene rings is 1. The molecule has 1 aromatic rings. The van der Waals surface area contributed by atoms with Gasteiger partial charge < -0.3 is 20.3 Å². The van der Waals surface area contributed by atoms with Crippen molar-refractivity contribution in [3.63, 3.8) is 0 Å². The van der Waals surface area contributed by atoms with E-state index in [4.69, 9.17) is 22.1 Å². The van der Waals surface area contributed by atoms with E-state index < -0.39 is 5.60 Å². The number of hydrogen-bond donors (Lipinski definition) is 1. The van der Waals surface area contributed by atoms with Gasteiger partial charge in [-0.15, -0.1) is 0 Å². The summed E-state index contributed by atoms with van der Waals surface area (Å²) >= 11 is 6.27. The van der Waals surface area contributed by atoms with E-state index in [1.54, 1.807) is 11.0 Å². The first kappa shape index (κ1) is 16.7. The predicted molar refractivity (Wildman–Crippen MR) is 90.5 cm³/mol. The van der Waals surface area contributed by atoms with Crippen molar-refractivity contribution in [2.45, 2.75) is 39.3 Å². The van der Waals surface area contributed by atoms with Crippen LogP contribution in [-0.2, 0) is 4.74 Å². The van der Waals surface area contributed by atoms with Crippen LogP contribution in [0, 0.1) is 0 Å². The number of carbonyl (C=O) groups excluding carboxylic acids is 1. The minimum Gasteiger partial charge on any atom is -0.444 e. The number of carbonyl (C=O) groups is 1. The monoisotopic (exact) mass is 325 g/mol. The molecule has 1 unspecified atom stereocenters. The van der Waals surface area contributed by atoms with Crippen LogP contribution >= 0.6 is 11.6 Å². The second-order valence-electron chi connectivity index (χ2n) is 6.68. The van der Waals surface area contributed by atoms with Crippen molar-refractivity contribution in [3.05, 3.63) is 23.2 Å². The van der Waals surface area contributed by atoms with Gasteiger partial charge in [-0.1, -0.05) is 11.6 Å². The van der Waals surface area contributed by atoms with Gasteiger partial charge in [-0.05, 0) is 45.9 Å². The van der Waals surface area contributed by atoms with Crippen LogP contribution in [0.4, 0.5) is 16.2 Å². The lowest BCUT2D eigenvalue weighted by atomic mass is 10.1. The van der Waals surface area contributed by atoms with Crippen molar-refractivity contribution in [1.29, 1.82) is 0 Å². The largest absolute Gasteiger partial charge is 0.444 e. The molecule has 1 atom stereocenters. The van der Waals surface area contributed by atoms with Crippen LogP contribution in [0.15, 0.2) is 18.2 Å². The first-order valence-electron chi connectivity index (χ1n) is 7.47. The number of nitrogens with two attached hydrogens (primary N) is 1. The van der Waals surface area contributed by atoms with Crippen LogP contribution in [0.2, 0.25) is 5.02 Å². The lowest BCUT2D eigenvalue weighted by molar-refractivity contribution is 0.0159. The molecule has 0 spiro atoms. The zero-order valence-corrected chi connectivity index (χ0v) is 14.4. The van der Waals surface area contributed by atoms with E-state index in [1.165, 1.54) is 0 Å². The van der Waals surface area contributed by atoms with Gasteiger partial charge in [-0.3, -0.25) is 0 Å². The van der Waals surface area contributed by atoms with E-state index in [0.717, 1.165) is 5.69 Å². The van der Waals surface area contributed by atoms with Crippen molar-refractivity contribution in [2.75, 3.05) is 30.3 Å². The van der Waals surface area contributed by atoms with Crippen LogP contribution in [0.1, 0.15) is 27.7 Å².